The van der Waals surface area contributed by atoms with E-state index in [4.69, 9.17) is 4.42 Å². The first-order chi connectivity index (χ1) is 14.8. The normalized spacial score (nSPS) is 14.1. The van der Waals surface area contributed by atoms with E-state index in [-0.39, 0.29) is 11.9 Å². The Balaban J connectivity index is 1.58. The fourth-order valence-electron chi connectivity index (χ4n) is 3.90. The summed E-state index contributed by atoms with van der Waals surface area (Å²) in [5, 5.41) is 9.72. The highest BCUT2D eigenvalue weighted by Crippen LogP contribution is 2.45. The number of aromatic nitrogens is 1. The summed E-state index contributed by atoms with van der Waals surface area (Å²) < 4.78 is 5.31. The van der Waals surface area contributed by atoms with Crippen molar-refractivity contribution in [3.05, 3.63) is 86.9 Å². The summed E-state index contributed by atoms with van der Waals surface area (Å²) >= 11 is 3.40. The Hall–Kier alpha value is -2.90. The lowest BCUT2D eigenvalue weighted by Crippen LogP contribution is -2.18. The molecule has 0 aromatic carbocycles. The Labute approximate surface area is 182 Å². The minimum absolute atomic E-state index is 0.0788. The summed E-state index contributed by atoms with van der Waals surface area (Å²) in [7, 11) is 0. The first-order valence-corrected chi connectivity index (χ1v) is 11.7. The van der Waals surface area contributed by atoms with Crippen LogP contribution in [-0.2, 0) is 12.8 Å². The summed E-state index contributed by atoms with van der Waals surface area (Å²) in [4.78, 5) is 19.8. The Morgan fingerprint density at radius 2 is 2.03 bits per heavy atom. The van der Waals surface area contributed by atoms with Gasteiger partial charge in [0.25, 0.3) is 5.91 Å². The quantitative estimate of drug-likeness (QED) is 0.382. The van der Waals surface area contributed by atoms with Crippen LogP contribution in [0.15, 0.2) is 64.7 Å². The van der Waals surface area contributed by atoms with Gasteiger partial charge in [-0.05, 0) is 67.0 Å². The SMILES string of the molecule is O=C(Nc1sc2c(c1[C@@H](Nc1ccccn1)c1cccs1)CCCC2)c1ccco1. The van der Waals surface area contributed by atoms with Crippen molar-refractivity contribution in [2.75, 3.05) is 10.6 Å². The molecule has 0 spiro atoms. The maximum absolute atomic E-state index is 12.8. The van der Waals surface area contributed by atoms with E-state index in [1.54, 1.807) is 41.0 Å². The number of amides is 1. The molecule has 0 bridgehead atoms. The maximum Gasteiger partial charge on any atom is 0.291 e. The first-order valence-electron chi connectivity index (χ1n) is 10.00. The van der Waals surface area contributed by atoms with Crippen LogP contribution < -0.4 is 10.6 Å². The second-order valence-electron chi connectivity index (χ2n) is 7.19. The van der Waals surface area contributed by atoms with Crippen LogP contribution in [0.4, 0.5) is 10.8 Å². The second kappa shape index (κ2) is 8.45. The molecule has 152 valence electrons. The molecular formula is C23H21N3O2S2. The number of pyridine rings is 1. The molecule has 5 nitrogen and oxygen atoms in total. The van der Waals surface area contributed by atoms with Gasteiger partial charge in [-0.2, -0.15) is 0 Å². The zero-order valence-corrected chi connectivity index (χ0v) is 17.9. The summed E-state index contributed by atoms with van der Waals surface area (Å²) in [6.45, 7) is 0. The van der Waals surface area contributed by atoms with Gasteiger partial charge in [0.15, 0.2) is 5.76 Å². The van der Waals surface area contributed by atoms with Gasteiger partial charge in [-0.15, -0.1) is 22.7 Å². The van der Waals surface area contributed by atoms with Gasteiger partial charge in [0, 0.05) is 21.5 Å². The molecular weight excluding hydrogens is 414 g/mol. The molecule has 1 aliphatic carbocycles. The lowest BCUT2D eigenvalue weighted by Gasteiger charge is -2.22. The third kappa shape index (κ3) is 3.78. The molecule has 0 radical (unpaired) electrons. The highest BCUT2D eigenvalue weighted by molar-refractivity contribution is 7.16. The number of carbonyl (C=O) groups excluding carboxylic acids is 1. The third-order valence-electron chi connectivity index (χ3n) is 5.26. The first kappa shape index (κ1) is 19.1. The number of nitrogens with zero attached hydrogens (tertiary/aromatic N) is 1. The van der Waals surface area contributed by atoms with E-state index in [1.165, 1.54) is 34.4 Å². The minimum Gasteiger partial charge on any atom is -0.459 e. The van der Waals surface area contributed by atoms with Crippen LogP contribution in [0.5, 0.6) is 0 Å². The van der Waals surface area contributed by atoms with E-state index in [1.807, 2.05) is 18.2 Å². The Bertz CT molecular complexity index is 1120. The van der Waals surface area contributed by atoms with E-state index in [0.29, 0.717) is 5.76 Å². The predicted molar refractivity (Wildman–Crippen MR) is 122 cm³/mol. The van der Waals surface area contributed by atoms with Crippen LogP contribution in [0, 0.1) is 0 Å². The number of thiophene rings is 2. The number of aryl methyl sites for hydroxylation is 1. The summed E-state index contributed by atoms with van der Waals surface area (Å²) in [5.41, 5.74) is 2.52. The van der Waals surface area contributed by atoms with Gasteiger partial charge in [-0.1, -0.05) is 12.1 Å². The zero-order valence-electron chi connectivity index (χ0n) is 16.3. The molecule has 0 aliphatic heterocycles. The smallest absolute Gasteiger partial charge is 0.291 e. The van der Waals surface area contributed by atoms with Crippen molar-refractivity contribution in [3.8, 4) is 0 Å². The van der Waals surface area contributed by atoms with Gasteiger partial charge in [0.1, 0.15) is 10.8 Å². The molecule has 1 aliphatic rings. The van der Waals surface area contributed by atoms with Crippen molar-refractivity contribution < 1.29 is 9.21 Å². The van der Waals surface area contributed by atoms with Gasteiger partial charge in [-0.3, -0.25) is 4.79 Å². The molecule has 5 rings (SSSR count). The van der Waals surface area contributed by atoms with E-state index in [9.17, 15) is 4.79 Å². The van der Waals surface area contributed by atoms with Crippen LogP contribution in [0.1, 0.15) is 50.3 Å². The summed E-state index contributed by atoms with van der Waals surface area (Å²) in [5.74, 6) is 0.912. The highest BCUT2D eigenvalue weighted by Gasteiger charge is 2.29. The average molecular weight is 436 g/mol. The Kier molecular flexibility index (Phi) is 5.38. The predicted octanol–water partition coefficient (Wildman–Crippen LogP) is 6.13. The molecule has 4 aromatic rings. The van der Waals surface area contributed by atoms with Crippen LogP contribution in [0.3, 0.4) is 0 Å². The second-order valence-corrected chi connectivity index (χ2v) is 9.28. The van der Waals surface area contributed by atoms with Crippen LogP contribution in [0.25, 0.3) is 0 Å². The molecule has 2 N–H and O–H groups in total. The number of fused-ring (bicyclic) bond motifs is 1. The zero-order chi connectivity index (χ0) is 20.3. The molecule has 1 atom stereocenters. The molecule has 0 saturated heterocycles. The van der Waals surface area contributed by atoms with Gasteiger partial charge in [0.05, 0.1) is 12.3 Å². The molecule has 0 fully saturated rings. The topological polar surface area (TPSA) is 67.2 Å². The fraction of sp³-hybridized carbons (Fsp3) is 0.217. The molecule has 0 unspecified atom stereocenters. The van der Waals surface area contributed by atoms with Crippen LogP contribution >= 0.6 is 22.7 Å². The van der Waals surface area contributed by atoms with Crippen molar-refractivity contribution in [2.24, 2.45) is 0 Å². The standard InChI is InChI=1S/C23H21N3O2S2/c27-22(16-8-5-13-28-16)26-23-20(15-7-1-2-9-17(15)30-23)21(18-10-6-14-29-18)25-19-11-3-4-12-24-19/h3-6,8,10-14,21H,1-2,7,9H2,(H,24,25)(H,26,27)/t21-/m0/s1. The van der Waals surface area contributed by atoms with Crippen molar-refractivity contribution in [2.45, 2.75) is 31.7 Å². The van der Waals surface area contributed by atoms with Gasteiger partial charge in [-0.25, -0.2) is 4.98 Å². The lowest BCUT2D eigenvalue weighted by molar-refractivity contribution is 0.0997. The summed E-state index contributed by atoms with van der Waals surface area (Å²) in [6, 6.07) is 13.4. The Morgan fingerprint density at radius 3 is 2.80 bits per heavy atom. The van der Waals surface area contributed by atoms with Crippen LogP contribution in [0.2, 0.25) is 0 Å². The third-order valence-corrected chi connectivity index (χ3v) is 7.42. The van der Waals surface area contributed by atoms with Crippen LogP contribution in [-0.4, -0.2) is 10.9 Å². The number of rotatable bonds is 6. The number of carbonyl (C=O) groups is 1. The van der Waals surface area contributed by atoms with E-state index in [2.05, 4.69) is 33.1 Å². The number of nitrogens with one attached hydrogen (secondary N) is 2. The molecule has 30 heavy (non-hydrogen) atoms. The van der Waals surface area contributed by atoms with Gasteiger partial charge < -0.3 is 15.1 Å². The molecule has 1 amide bonds. The van der Waals surface area contributed by atoms with Gasteiger partial charge >= 0.3 is 0 Å². The number of hydrogen-bond acceptors (Lipinski definition) is 6. The lowest BCUT2D eigenvalue weighted by atomic mass is 9.91. The average Bonchev–Trinajstić information content (AvgIpc) is 3.54. The fourth-order valence-corrected chi connectivity index (χ4v) is 6.01. The minimum atomic E-state index is -0.220. The number of anilines is 2. The monoisotopic (exact) mass is 435 g/mol. The Morgan fingerprint density at radius 1 is 1.10 bits per heavy atom. The van der Waals surface area contributed by atoms with E-state index in [0.717, 1.165) is 29.2 Å². The number of furan rings is 1. The molecule has 4 aromatic heterocycles. The van der Waals surface area contributed by atoms with Crippen molar-refractivity contribution in [1.82, 2.24) is 4.98 Å². The summed E-state index contributed by atoms with van der Waals surface area (Å²) in [6.07, 6.45) is 7.76. The van der Waals surface area contributed by atoms with E-state index < -0.39 is 0 Å². The van der Waals surface area contributed by atoms with E-state index >= 15 is 0 Å². The van der Waals surface area contributed by atoms with Crippen molar-refractivity contribution in [3.63, 3.8) is 0 Å². The van der Waals surface area contributed by atoms with Gasteiger partial charge in [0.2, 0.25) is 0 Å². The molecule has 7 heteroatoms. The molecule has 0 saturated carbocycles. The number of hydrogen-bond donors (Lipinski definition) is 2. The maximum atomic E-state index is 12.8. The highest BCUT2D eigenvalue weighted by atomic mass is 32.1. The molecule has 4 heterocycles. The van der Waals surface area contributed by atoms with Crippen molar-refractivity contribution in [1.29, 1.82) is 0 Å². The van der Waals surface area contributed by atoms with Crippen molar-refractivity contribution >= 4 is 39.4 Å². The largest absolute Gasteiger partial charge is 0.459 e.